The van der Waals surface area contributed by atoms with Gasteiger partial charge in [-0.15, -0.1) is 0 Å². The Kier molecular flexibility index (Phi) is 5.71. The molecular weight excluding hydrogens is 138 g/mol. The number of ketones is 1. The Morgan fingerprint density at radius 1 is 1.27 bits per heavy atom. The normalized spacial score (nSPS) is 11.7. The van der Waals surface area contributed by atoms with Gasteiger partial charge in [0.05, 0.1) is 5.71 Å². The summed E-state index contributed by atoms with van der Waals surface area (Å²) in [5, 5.41) is 0. The molecule has 0 aromatic carbocycles. The average Bonchev–Trinajstić information content (AvgIpc) is 2.00. The molecule has 2 heteroatoms. The van der Waals surface area contributed by atoms with E-state index in [9.17, 15) is 4.79 Å². The van der Waals surface area contributed by atoms with Gasteiger partial charge in [0.25, 0.3) is 0 Å². The average molecular weight is 155 g/mol. The fraction of sp³-hybridized carbons (Fsp3) is 0.778. The molecular formula is C9H17NO. The molecule has 0 rings (SSSR count). The summed E-state index contributed by atoms with van der Waals surface area (Å²) in [5.41, 5.74) is 0.759. The van der Waals surface area contributed by atoms with E-state index in [0.29, 0.717) is 6.42 Å². The van der Waals surface area contributed by atoms with Gasteiger partial charge in [-0.25, -0.2) is 0 Å². The first kappa shape index (κ1) is 10.3. The molecule has 0 bridgehead atoms. The quantitative estimate of drug-likeness (QED) is 0.560. The van der Waals surface area contributed by atoms with Gasteiger partial charge in [0, 0.05) is 13.0 Å². The Morgan fingerprint density at radius 2 is 1.91 bits per heavy atom. The summed E-state index contributed by atoms with van der Waals surface area (Å²) in [5.74, 6) is 0.219. The zero-order chi connectivity index (χ0) is 8.69. The number of aliphatic imine (C=N–C) groups is 1. The van der Waals surface area contributed by atoms with Crippen molar-refractivity contribution in [2.24, 2.45) is 4.99 Å². The second kappa shape index (κ2) is 6.08. The standard InChI is InChI=1S/C9H17NO/c1-4-7-9(11)8(5-2)10-6-3/h4-7H2,1-3H3. The molecule has 11 heavy (non-hydrogen) atoms. The van der Waals surface area contributed by atoms with E-state index >= 15 is 0 Å². The van der Waals surface area contributed by atoms with Crippen LogP contribution < -0.4 is 0 Å². The molecule has 0 aliphatic carbocycles. The second-order valence-corrected chi connectivity index (χ2v) is 2.45. The predicted octanol–water partition coefficient (Wildman–Crippen LogP) is 2.23. The summed E-state index contributed by atoms with van der Waals surface area (Å²) in [6.07, 6.45) is 2.33. The highest BCUT2D eigenvalue weighted by Gasteiger charge is 2.05. The molecule has 0 aliphatic heterocycles. The molecule has 0 unspecified atom stereocenters. The zero-order valence-corrected chi connectivity index (χ0v) is 7.68. The van der Waals surface area contributed by atoms with Crippen LogP contribution in [0.1, 0.15) is 40.0 Å². The monoisotopic (exact) mass is 155 g/mol. The molecule has 0 aromatic heterocycles. The topological polar surface area (TPSA) is 29.4 Å². The van der Waals surface area contributed by atoms with Gasteiger partial charge in [-0.1, -0.05) is 13.8 Å². The largest absolute Gasteiger partial charge is 0.293 e. The maximum Gasteiger partial charge on any atom is 0.176 e. The van der Waals surface area contributed by atoms with Crippen LogP contribution in [0.3, 0.4) is 0 Å². The Bertz CT molecular complexity index is 150. The Morgan fingerprint density at radius 3 is 2.27 bits per heavy atom. The van der Waals surface area contributed by atoms with E-state index in [1.54, 1.807) is 0 Å². The minimum absolute atomic E-state index is 0.219. The number of carbonyl (C=O) groups excluding carboxylic acids is 1. The van der Waals surface area contributed by atoms with Crippen molar-refractivity contribution in [2.45, 2.75) is 40.0 Å². The zero-order valence-electron chi connectivity index (χ0n) is 7.68. The molecule has 2 nitrogen and oxygen atoms in total. The van der Waals surface area contributed by atoms with Gasteiger partial charge in [0.2, 0.25) is 0 Å². The highest BCUT2D eigenvalue weighted by atomic mass is 16.1. The molecule has 0 radical (unpaired) electrons. The first-order chi connectivity index (χ1) is 5.26. The van der Waals surface area contributed by atoms with Crippen LogP contribution in [-0.4, -0.2) is 18.0 Å². The summed E-state index contributed by atoms with van der Waals surface area (Å²) >= 11 is 0. The summed E-state index contributed by atoms with van der Waals surface area (Å²) < 4.78 is 0. The first-order valence-corrected chi connectivity index (χ1v) is 4.32. The number of carbonyl (C=O) groups is 1. The fourth-order valence-corrected chi connectivity index (χ4v) is 0.959. The lowest BCUT2D eigenvalue weighted by Crippen LogP contribution is -2.12. The molecule has 64 valence electrons. The van der Waals surface area contributed by atoms with E-state index in [4.69, 9.17) is 0 Å². The first-order valence-electron chi connectivity index (χ1n) is 4.32. The van der Waals surface area contributed by atoms with Crippen molar-refractivity contribution < 1.29 is 4.79 Å². The van der Waals surface area contributed by atoms with E-state index in [-0.39, 0.29) is 5.78 Å². The smallest absolute Gasteiger partial charge is 0.176 e. The molecule has 0 amide bonds. The van der Waals surface area contributed by atoms with E-state index in [0.717, 1.165) is 25.1 Å². The number of Topliss-reactive ketones (excluding diaryl/α,β-unsaturated/α-hetero) is 1. The minimum atomic E-state index is 0.219. The third-order valence-electron chi connectivity index (χ3n) is 1.48. The Labute approximate surface area is 68.7 Å². The summed E-state index contributed by atoms with van der Waals surface area (Å²) in [6.45, 7) is 6.66. The van der Waals surface area contributed by atoms with Gasteiger partial charge in [-0.05, 0) is 19.8 Å². The van der Waals surface area contributed by atoms with Crippen molar-refractivity contribution in [2.75, 3.05) is 6.54 Å². The molecule has 0 saturated heterocycles. The van der Waals surface area contributed by atoms with Crippen LogP contribution in [0.25, 0.3) is 0 Å². The molecule has 0 atom stereocenters. The summed E-state index contributed by atoms with van der Waals surface area (Å²) in [6, 6.07) is 0. The molecule has 0 heterocycles. The van der Waals surface area contributed by atoms with Gasteiger partial charge in [0.15, 0.2) is 5.78 Å². The van der Waals surface area contributed by atoms with Crippen molar-refractivity contribution in [3.05, 3.63) is 0 Å². The van der Waals surface area contributed by atoms with Crippen LogP contribution in [0.5, 0.6) is 0 Å². The molecule has 0 fully saturated rings. The number of rotatable bonds is 5. The molecule has 0 saturated carbocycles. The van der Waals surface area contributed by atoms with Gasteiger partial charge >= 0.3 is 0 Å². The lowest BCUT2D eigenvalue weighted by Gasteiger charge is -1.99. The lowest BCUT2D eigenvalue weighted by atomic mass is 10.1. The van der Waals surface area contributed by atoms with Gasteiger partial charge in [-0.2, -0.15) is 0 Å². The predicted molar refractivity (Wildman–Crippen MR) is 48.2 cm³/mol. The maximum absolute atomic E-state index is 11.2. The van der Waals surface area contributed by atoms with Crippen LogP contribution in [0.4, 0.5) is 0 Å². The van der Waals surface area contributed by atoms with E-state index < -0.39 is 0 Å². The van der Waals surface area contributed by atoms with Gasteiger partial charge in [-0.3, -0.25) is 9.79 Å². The molecule has 0 aromatic rings. The van der Waals surface area contributed by atoms with Crippen molar-refractivity contribution >= 4 is 11.5 Å². The highest BCUT2D eigenvalue weighted by molar-refractivity contribution is 6.39. The second-order valence-electron chi connectivity index (χ2n) is 2.45. The van der Waals surface area contributed by atoms with E-state index in [1.165, 1.54) is 0 Å². The minimum Gasteiger partial charge on any atom is -0.293 e. The Hall–Kier alpha value is -0.660. The van der Waals surface area contributed by atoms with Crippen molar-refractivity contribution in [3.63, 3.8) is 0 Å². The third-order valence-corrected chi connectivity index (χ3v) is 1.48. The molecule has 0 N–H and O–H groups in total. The van der Waals surface area contributed by atoms with Crippen molar-refractivity contribution in [1.82, 2.24) is 0 Å². The maximum atomic E-state index is 11.2. The van der Waals surface area contributed by atoms with Crippen LogP contribution >= 0.6 is 0 Å². The van der Waals surface area contributed by atoms with Crippen molar-refractivity contribution in [1.29, 1.82) is 0 Å². The summed E-state index contributed by atoms with van der Waals surface area (Å²) in [7, 11) is 0. The molecule has 0 aliphatic rings. The summed E-state index contributed by atoms with van der Waals surface area (Å²) in [4.78, 5) is 15.4. The van der Waals surface area contributed by atoms with E-state index in [1.807, 2.05) is 20.8 Å². The van der Waals surface area contributed by atoms with Gasteiger partial charge in [0.1, 0.15) is 0 Å². The number of nitrogens with zero attached hydrogens (tertiary/aromatic N) is 1. The third kappa shape index (κ3) is 3.91. The highest BCUT2D eigenvalue weighted by Crippen LogP contribution is 1.96. The SMILES string of the molecule is CCCC(=O)C(CC)=NCC. The van der Waals surface area contributed by atoms with Crippen molar-refractivity contribution in [3.8, 4) is 0 Å². The molecule has 0 spiro atoms. The number of hydrogen-bond acceptors (Lipinski definition) is 2. The van der Waals surface area contributed by atoms with Crippen LogP contribution in [0, 0.1) is 0 Å². The van der Waals surface area contributed by atoms with Crippen LogP contribution in [0.2, 0.25) is 0 Å². The van der Waals surface area contributed by atoms with Crippen LogP contribution in [0.15, 0.2) is 4.99 Å². The lowest BCUT2D eigenvalue weighted by molar-refractivity contribution is -0.113. The number of hydrogen-bond donors (Lipinski definition) is 0. The van der Waals surface area contributed by atoms with E-state index in [2.05, 4.69) is 4.99 Å². The fourth-order valence-electron chi connectivity index (χ4n) is 0.959. The van der Waals surface area contributed by atoms with Crippen LogP contribution in [-0.2, 0) is 4.79 Å². The Balaban J connectivity index is 4.03. The van der Waals surface area contributed by atoms with Gasteiger partial charge < -0.3 is 0 Å².